The summed E-state index contributed by atoms with van der Waals surface area (Å²) in [7, 11) is 0. The maximum atomic E-state index is 17.1. The van der Waals surface area contributed by atoms with Gasteiger partial charge in [-0.15, -0.1) is 26.3 Å². The predicted molar refractivity (Wildman–Crippen MR) is 178 cm³/mol. The summed E-state index contributed by atoms with van der Waals surface area (Å²) >= 11 is 0. The summed E-state index contributed by atoms with van der Waals surface area (Å²) in [5.41, 5.74) is -0.484. The molecule has 9 nitrogen and oxygen atoms in total. The quantitative estimate of drug-likeness (QED) is 0.177. The monoisotopic (exact) mass is 752 g/mol. The minimum atomic E-state index is -5.23. The van der Waals surface area contributed by atoms with Gasteiger partial charge < -0.3 is 19.7 Å². The molecule has 0 spiro atoms. The second-order valence-electron chi connectivity index (χ2n) is 14.4. The molecule has 3 fully saturated rings. The van der Waals surface area contributed by atoms with Gasteiger partial charge in [0.05, 0.1) is 23.8 Å². The summed E-state index contributed by atoms with van der Waals surface area (Å²) < 4.78 is 126. The van der Waals surface area contributed by atoms with E-state index in [1.807, 2.05) is 4.90 Å². The van der Waals surface area contributed by atoms with Crippen molar-refractivity contribution >= 4 is 27.5 Å². The Morgan fingerprint density at radius 1 is 0.943 bits per heavy atom. The van der Waals surface area contributed by atoms with Gasteiger partial charge in [0, 0.05) is 61.2 Å². The first kappa shape index (κ1) is 35.9. The lowest BCUT2D eigenvalue weighted by Crippen LogP contribution is -2.58. The van der Waals surface area contributed by atoms with E-state index in [4.69, 9.17) is 14.7 Å². The Bertz CT molecular complexity index is 2040. The Morgan fingerprint density at radius 2 is 1.75 bits per heavy atom. The molecule has 2 aromatic carbocycles. The number of piperazine rings is 1. The van der Waals surface area contributed by atoms with Crippen LogP contribution in [-0.4, -0.2) is 90.1 Å². The molecule has 1 saturated carbocycles. The van der Waals surface area contributed by atoms with Gasteiger partial charge in [0.1, 0.15) is 17.0 Å². The number of alkyl halides is 6. The van der Waals surface area contributed by atoms with Crippen molar-refractivity contribution in [1.82, 2.24) is 25.2 Å². The number of aryl methyl sites for hydroxylation is 1. The Morgan fingerprint density at radius 3 is 2.49 bits per heavy atom. The average Bonchev–Trinajstić information content (AvgIpc) is 3.78. The van der Waals surface area contributed by atoms with Crippen LogP contribution in [0.15, 0.2) is 30.3 Å². The number of hydrogen-bond donors (Lipinski definition) is 1. The lowest BCUT2D eigenvalue weighted by Gasteiger charge is -2.42. The molecule has 1 N–H and O–H groups in total. The number of pyridine rings is 1. The lowest BCUT2D eigenvalue weighted by molar-refractivity contribution is -0.340. The zero-order valence-electron chi connectivity index (χ0n) is 28.6. The van der Waals surface area contributed by atoms with Crippen molar-refractivity contribution in [2.45, 2.75) is 76.4 Å². The van der Waals surface area contributed by atoms with Crippen LogP contribution >= 0.6 is 0 Å². The first-order valence-corrected chi connectivity index (χ1v) is 17.7. The smallest absolute Gasteiger partial charge is 0.463 e. The van der Waals surface area contributed by atoms with Gasteiger partial charge in [-0.2, -0.15) is 9.97 Å². The highest BCUT2D eigenvalue weighted by molar-refractivity contribution is 6.03. The third-order valence-electron chi connectivity index (χ3n) is 10.8. The third-order valence-corrected chi connectivity index (χ3v) is 10.8. The molecular weight excluding hydrogens is 716 g/mol. The highest BCUT2D eigenvalue weighted by Crippen LogP contribution is 2.48. The van der Waals surface area contributed by atoms with Crippen molar-refractivity contribution in [3.63, 3.8) is 0 Å². The number of aromatic nitrogens is 3. The van der Waals surface area contributed by atoms with E-state index in [2.05, 4.69) is 31.6 Å². The highest BCUT2D eigenvalue weighted by Gasteiger charge is 2.47. The molecule has 2 saturated heterocycles. The topological polar surface area (TPSA) is 84.9 Å². The normalized spacial score (nSPS) is 23.0. The van der Waals surface area contributed by atoms with E-state index < -0.39 is 36.2 Å². The van der Waals surface area contributed by atoms with Crippen LogP contribution in [0.25, 0.3) is 32.9 Å². The standard InChI is InChI=1S/C36H36F8N6O3/c1-2-23-25-9-8-24-27-30(28(38)29(46-24)21-5-3-4-19-6-7-22(37)31(26(19)21)53-36(42,43)44)47-33(48-32(27)50(25)15-13-45-23)51-18-34(11-12-34)17-49-14-10-20(16-49)52-35(39,40)41/h3-7,20,23,25,45H,2,8-18H2,1H3/t20-,23-,25+/m0/s1. The average molecular weight is 753 g/mol. The fourth-order valence-corrected chi connectivity index (χ4v) is 8.22. The van der Waals surface area contributed by atoms with Crippen molar-refractivity contribution in [2.75, 3.05) is 44.2 Å². The van der Waals surface area contributed by atoms with Crippen molar-refractivity contribution in [3.05, 3.63) is 47.7 Å². The molecule has 4 aromatic rings. The molecule has 3 aliphatic heterocycles. The van der Waals surface area contributed by atoms with E-state index in [0.717, 1.165) is 25.3 Å². The van der Waals surface area contributed by atoms with Crippen LogP contribution in [0, 0.1) is 17.0 Å². The number of benzene rings is 2. The fourth-order valence-electron chi connectivity index (χ4n) is 8.22. The highest BCUT2D eigenvalue weighted by atomic mass is 19.4. The number of rotatable bonds is 9. The van der Waals surface area contributed by atoms with Crippen LogP contribution in [0.1, 0.15) is 44.7 Å². The second kappa shape index (κ2) is 13.3. The van der Waals surface area contributed by atoms with Gasteiger partial charge in [0.15, 0.2) is 17.4 Å². The maximum Gasteiger partial charge on any atom is 0.573 e. The molecule has 0 amide bonds. The van der Waals surface area contributed by atoms with Crippen LogP contribution in [0.4, 0.5) is 40.9 Å². The summed E-state index contributed by atoms with van der Waals surface area (Å²) in [5.74, 6) is -2.88. The van der Waals surface area contributed by atoms with Crippen LogP contribution in [0.5, 0.6) is 11.8 Å². The Kier molecular flexibility index (Phi) is 9.04. The summed E-state index contributed by atoms with van der Waals surface area (Å²) in [6.45, 7) is 4.45. The SMILES string of the molecule is CC[C@@H]1NCCN2c3nc(OCC4(CN5CC[C@H](OC(F)(F)F)C5)CC4)nc4c(F)c(-c5cccc6ccc(F)c(OC(F)(F)F)c56)nc(c34)CC[C@H]12. The fraction of sp³-hybridized carbons (Fsp3) is 0.528. The van der Waals surface area contributed by atoms with Gasteiger partial charge in [-0.1, -0.05) is 31.2 Å². The van der Waals surface area contributed by atoms with Gasteiger partial charge >= 0.3 is 18.7 Å². The molecule has 0 bridgehead atoms. The van der Waals surface area contributed by atoms with E-state index in [1.165, 1.54) is 24.3 Å². The number of nitrogens with one attached hydrogen (secondary N) is 1. The first-order valence-electron chi connectivity index (χ1n) is 17.7. The number of anilines is 1. The van der Waals surface area contributed by atoms with Crippen LogP contribution in [0.2, 0.25) is 0 Å². The third kappa shape index (κ3) is 7.14. The van der Waals surface area contributed by atoms with Gasteiger partial charge in [-0.05, 0) is 50.0 Å². The maximum absolute atomic E-state index is 17.1. The molecular formula is C36H36F8N6O3. The summed E-state index contributed by atoms with van der Waals surface area (Å²) in [6.07, 6.45) is -7.31. The molecule has 53 heavy (non-hydrogen) atoms. The minimum Gasteiger partial charge on any atom is -0.463 e. The van der Waals surface area contributed by atoms with Crippen LogP contribution < -0.4 is 19.7 Å². The van der Waals surface area contributed by atoms with Gasteiger partial charge in [-0.3, -0.25) is 9.64 Å². The van der Waals surface area contributed by atoms with E-state index in [0.29, 0.717) is 55.9 Å². The molecule has 1 aliphatic carbocycles. The summed E-state index contributed by atoms with van der Waals surface area (Å²) in [6, 6.07) is 6.41. The molecule has 17 heteroatoms. The van der Waals surface area contributed by atoms with Crippen molar-refractivity contribution in [3.8, 4) is 23.0 Å². The van der Waals surface area contributed by atoms with Crippen molar-refractivity contribution < 1.29 is 49.3 Å². The molecule has 4 aliphatic rings. The van der Waals surface area contributed by atoms with E-state index in [-0.39, 0.29) is 70.6 Å². The largest absolute Gasteiger partial charge is 0.573 e. The molecule has 3 atom stereocenters. The van der Waals surface area contributed by atoms with Crippen LogP contribution in [-0.2, 0) is 11.2 Å². The van der Waals surface area contributed by atoms with E-state index >= 15 is 8.78 Å². The van der Waals surface area contributed by atoms with Gasteiger partial charge in [0.25, 0.3) is 0 Å². The minimum absolute atomic E-state index is 0.0457. The Labute approximate surface area is 298 Å². The number of fused-ring (bicyclic) bond motifs is 3. The lowest BCUT2D eigenvalue weighted by atomic mass is 9.96. The van der Waals surface area contributed by atoms with Crippen molar-refractivity contribution in [2.24, 2.45) is 5.41 Å². The zero-order valence-corrected chi connectivity index (χ0v) is 28.6. The Balaban J connectivity index is 1.20. The second-order valence-corrected chi connectivity index (χ2v) is 14.4. The summed E-state index contributed by atoms with van der Waals surface area (Å²) in [5, 5.41) is 3.79. The first-order chi connectivity index (χ1) is 25.2. The molecule has 8 rings (SSSR count). The summed E-state index contributed by atoms with van der Waals surface area (Å²) in [4.78, 5) is 18.1. The molecule has 2 aromatic heterocycles. The predicted octanol–water partition coefficient (Wildman–Crippen LogP) is 7.29. The van der Waals surface area contributed by atoms with Gasteiger partial charge in [0.2, 0.25) is 0 Å². The number of halogens is 8. The van der Waals surface area contributed by atoms with Crippen LogP contribution in [0.3, 0.4) is 0 Å². The number of hydrogen-bond acceptors (Lipinski definition) is 9. The number of ether oxygens (including phenoxy) is 3. The molecule has 284 valence electrons. The van der Waals surface area contributed by atoms with Gasteiger partial charge in [-0.25, -0.2) is 13.8 Å². The molecule has 5 heterocycles. The number of nitrogens with zero attached hydrogens (tertiary/aromatic N) is 5. The molecule has 0 unspecified atom stereocenters. The molecule has 0 radical (unpaired) electrons. The van der Waals surface area contributed by atoms with E-state index in [9.17, 15) is 26.3 Å². The Hall–Kier alpha value is -4.09. The van der Waals surface area contributed by atoms with E-state index in [1.54, 1.807) is 0 Å². The number of likely N-dealkylation sites (tertiary alicyclic amines) is 1. The zero-order chi connectivity index (χ0) is 37.3. The van der Waals surface area contributed by atoms with Crippen molar-refractivity contribution in [1.29, 1.82) is 0 Å².